The van der Waals surface area contributed by atoms with E-state index in [0.717, 1.165) is 24.7 Å². The van der Waals surface area contributed by atoms with E-state index in [2.05, 4.69) is 21.3 Å². The van der Waals surface area contributed by atoms with Crippen molar-refractivity contribution in [3.8, 4) is 12.3 Å². The Hall–Kier alpha value is -1.34. The maximum Gasteiger partial charge on any atom is 0.147 e. The number of nitrogens with zero attached hydrogens (tertiary/aromatic N) is 3. The van der Waals surface area contributed by atoms with E-state index in [9.17, 15) is 0 Å². The van der Waals surface area contributed by atoms with Crippen molar-refractivity contribution < 1.29 is 0 Å². The average Bonchev–Trinajstić information content (AvgIpc) is 2.39. The lowest BCUT2D eigenvalue weighted by atomic mass is 10.5. The fraction of sp³-hybridized carbons (Fsp3) is 0.556. The first kappa shape index (κ1) is 9.75. The summed E-state index contributed by atoms with van der Waals surface area (Å²) in [4.78, 5) is 4.19. The molecule has 13 heavy (non-hydrogen) atoms. The second-order valence-corrected chi connectivity index (χ2v) is 2.81. The van der Waals surface area contributed by atoms with Crippen LogP contribution in [0, 0.1) is 26.2 Å². The third-order valence-corrected chi connectivity index (χ3v) is 1.69. The number of terminal acetylenes is 1. The third kappa shape index (κ3) is 2.88. The van der Waals surface area contributed by atoms with Crippen LogP contribution in [0.25, 0.3) is 0 Å². The molecule has 4 nitrogen and oxygen atoms in total. The van der Waals surface area contributed by atoms with Crippen LogP contribution in [0.15, 0.2) is 0 Å². The van der Waals surface area contributed by atoms with Crippen LogP contribution >= 0.6 is 0 Å². The lowest BCUT2D eigenvalue weighted by Gasteiger charge is -2.02. The predicted octanol–water partition coefficient (Wildman–Crippen LogP) is 0.118. The van der Waals surface area contributed by atoms with Crippen LogP contribution in [0.4, 0.5) is 0 Å². The standard InChI is InChI=1S/C9H14N4/c1-4-5-10-6-7-13-9(3)11-8(2)12-13/h1,10H,5-7H2,2-3H3. The summed E-state index contributed by atoms with van der Waals surface area (Å²) in [6.45, 7) is 6.08. The Morgan fingerprint density at radius 2 is 2.31 bits per heavy atom. The maximum atomic E-state index is 5.09. The Labute approximate surface area is 78.4 Å². The lowest BCUT2D eigenvalue weighted by molar-refractivity contribution is 0.558. The molecule has 0 atom stereocenters. The highest BCUT2D eigenvalue weighted by molar-refractivity contribution is 4.88. The minimum Gasteiger partial charge on any atom is -0.304 e. The van der Waals surface area contributed by atoms with Gasteiger partial charge in [0.2, 0.25) is 0 Å². The van der Waals surface area contributed by atoms with Crippen molar-refractivity contribution >= 4 is 0 Å². The van der Waals surface area contributed by atoms with Gasteiger partial charge in [-0.15, -0.1) is 6.42 Å². The molecule has 0 aliphatic carbocycles. The average molecular weight is 178 g/mol. The largest absolute Gasteiger partial charge is 0.304 e. The molecule has 0 aliphatic rings. The quantitative estimate of drug-likeness (QED) is 0.526. The number of hydrogen-bond acceptors (Lipinski definition) is 3. The topological polar surface area (TPSA) is 42.7 Å². The van der Waals surface area contributed by atoms with E-state index in [-0.39, 0.29) is 0 Å². The van der Waals surface area contributed by atoms with Crippen molar-refractivity contribution in [2.45, 2.75) is 20.4 Å². The zero-order chi connectivity index (χ0) is 9.68. The van der Waals surface area contributed by atoms with Crippen LogP contribution < -0.4 is 5.32 Å². The van der Waals surface area contributed by atoms with Crippen molar-refractivity contribution in [1.29, 1.82) is 0 Å². The van der Waals surface area contributed by atoms with E-state index >= 15 is 0 Å². The molecule has 0 aromatic carbocycles. The zero-order valence-corrected chi connectivity index (χ0v) is 8.04. The Balaban J connectivity index is 2.37. The van der Waals surface area contributed by atoms with Gasteiger partial charge in [-0.05, 0) is 13.8 Å². The normalized spacial score (nSPS) is 9.92. The van der Waals surface area contributed by atoms with E-state index in [4.69, 9.17) is 6.42 Å². The lowest BCUT2D eigenvalue weighted by Crippen LogP contribution is -2.21. The van der Waals surface area contributed by atoms with Crippen molar-refractivity contribution in [1.82, 2.24) is 20.1 Å². The molecular formula is C9H14N4. The van der Waals surface area contributed by atoms with E-state index in [0.29, 0.717) is 6.54 Å². The molecule has 0 saturated heterocycles. The molecule has 1 aromatic rings. The van der Waals surface area contributed by atoms with Crippen molar-refractivity contribution in [2.24, 2.45) is 0 Å². The Bertz CT molecular complexity index is 308. The van der Waals surface area contributed by atoms with Crippen molar-refractivity contribution in [2.75, 3.05) is 13.1 Å². The minimum absolute atomic E-state index is 0.604. The molecule has 70 valence electrons. The third-order valence-electron chi connectivity index (χ3n) is 1.69. The zero-order valence-electron chi connectivity index (χ0n) is 8.04. The molecule has 1 aromatic heterocycles. The minimum atomic E-state index is 0.604. The molecule has 0 spiro atoms. The first-order valence-electron chi connectivity index (χ1n) is 4.26. The summed E-state index contributed by atoms with van der Waals surface area (Å²) in [6.07, 6.45) is 5.09. The van der Waals surface area contributed by atoms with Crippen molar-refractivity contribution in [3.63, 3.8) is 0 Å². The molecule has 0 bridgehead atoms. The Kier molecular flexibility index (Phi) is 3.47. The Morgan fingerprint density at radius 1 is 1.54 bits per heavy atom. The number of aromatic nitrogens is 3. The molecular weight excluding hydrogens is 164 g/mol. The molecule has 1 rings (SSSR count). The van der Waals surface area contributed by atoms with Gasteiger partial charge in [-0.2, -0.15) is 5.10 Å². The van der Waals surface area contributed by atoms with Crippen LogP contribution in [0.1, 0.15) is 11.6 Å². The van der Waals surface area contributed by atoms with Gasteiger partial charge in [0.1, 0.15) is 11.6 Å². The second-order valence-electron chi connectivity index (χ2n) is 2.81. The fourth-order valence-corrected chi connectivity index (χ4v) is 1.12. The van der Waals surface area contributed by atoms with Crippen molar-refractivity contribution in [3.05, 3.63) is 11.6 Å². The summed E-state index contributed by atoms with van der Waals surface area (Å²) >= 11 is 0. The van der Waals surface area contributed by atoms with Gasteiger partial charge in [-0.1, -0.05) is 5.92 Å². The highest BCUT2D eigenvalue weighted by Crippen LogP contribution is 1.94. The first-order valence-corrected chi connectivity index (χ1v) is 4.26. The van der Waals surface area contributed by atoms with Gasteiger partial charge in [0, 0.05) is 6.54 Å². The Morgan fingerprint density at radius 3 is 2.85 bits per heavy atom. The number of aryl methyl sites for hydroxylation is 2. The van der Waals surface area contributed by atoms with Gasteiger partial charge in [0.15, 0.2) is 0 Å². The maximum absolute atomic E-state index is 5.09. The molecule has 1 heterocycles. The summed E-state index contributed by atoms with van der Waals surface area (Å²) in [7, 11) is 0. The summed E-state index contributed by atoms with van der Waals surface area (Å²) < 4.78 is 1.87. The van der Waals surface area contributed by atoms with Crippen LogP contribution in [-0.4, -0.2) is 27.9 Å². The summed E-state index contributed by atoms with van der Waals surface area (Å²) in [5, 5.41) is 7.32. The molecule has 0 fully saturated rings. The second kappa shape index (κ2) is 4.63. The summed E-state index contributed by atoms with van der Waals surface area (Å²) in [5.41, 5.74) is 0. The molecule has 0 radical (unpaired) electrons. The fourth-order valence-electron chi connectivity index (χ4n) is 1.12. The molecule has 0 amide bonds. The van der Waals surface area contributed by atoms with Gasteiger partial charge < -0.3 is 5.32 Å². The highest BCUT2D eigenvalue weighted by atomic mass is 15.3. The van der Waals surface area contributed by atoms with Gasteiger partial charge in [-0.3, -0.25) is 0 Å². The number of rotatable bonds is 4. The van der Waals surface area contributed by atoms with E-state index in [1.807, 2.05) is 18.5 Å². The van der Waals surface area contributed by atoms with Gasteiger partial charge in [-0.25, -0.2) is 9.67 Å². The van der Waals surface area contributed by atoms with Crippen LogP contribution in [0.5, 0.6) is 0 Å². The van der Waals surface area contributed by atoms with Crippen LogP contribution in [0.2, 0.25) is 0 Å². The van der Waals surface area contributed by atoms with Crippen LogP contribution in [-0.2, 0) is 6.54 Å². The SMILES string of the molecule is C#CCNCCn1nc(C)nc1C. The number of hydrogen-bond donors (Lipinski definition) is 1. The van der Waals surface area contributed by atoms with Gasteiger partial charge in [0.05, 0.1) is 13.1 Å². The smallest absolute Gasteiger partial charge is 0.147 e. The summed E-state index contributed by atoms with van der Waals surface area (Å²) in [6, 6.07) is 0. The summed E-state index contributed by atoms with van der Waals surface area (Å²) in [5.74, 6) is 4.28. The molecule has 4 heteroatoms. The first-order chi connectivity index (χ1) is 6.24. The predicted molar refractivity (Wildman–Crippen MR) is 51.2 cm³/mol. The highest BCUT2D eigenvalue weighted by Gasteiger charge is 2.00. The van der Waals surface area contributed by atoms with E-state index in [1.54, 1.807) is 0 Å². The van der Waals surface area contributed by atoms with E-state index in [1.165, 1.54) is 0 Å². The number of nitrogens with one attached hydrogen (secondary N) is 1. The molecule has 0 unspecified atom stereocenters. The molecule has 1 N–H and O–H groups in total. The van der Waals surface area contributed by atoms with Crippen LogP contribution in [0.3, 0.4) is 0 Å². The monoisotopic (exact) mass is 178 g/mol. The molecule has 0 saturated carbocycles. The van der Waals surface area contributed by atoms with Gasteiger partial charge in [0.25, 0.3) is 0 Å². The van der Waals surface area contributed by atoms with Gasteiger partial charge >= 0.3 is 0 Å². The molecule has 0 aliphatic heterocycles. The van der Waals surface area contributed by atoms with E-state index < -0.39 is 0 Å².